The minimum Gasteiger partial charge on any atom is -0.308 e. The third-order valence-corrected chi connectivity index (χ3v) is 2.58. The molecular formula is C12H9F2NO. The van der Waals surface area contributed by atoms with Gasteiger partial charge in [-0.2, -0.15) is 0 Å². The van der Waals surface area contributed by atoms with Crippen molar-refractivity contribution in [3.63, 3.8) is 0 Å². The first-order chi connectivity index (χ1) is 7.63. The highest BCUT2D eigenvalue weighted by molar-refractivity contribution is 5.96. The van der Waals surface area contributed by atoms with Gasteiger partial charge in [0.15, 0.2) is 11.6 Å². The van der Waals surface area contributed by atoms with Gasteiger partial charge in [-0.3, -0.25) is 4.79 Å². The molecule has 1 fully saturated rings. The molecule has 0 aliphatic carbocycles. The summed E-state index contributed by atoms with van der Waals surface area (Å²) in [5.74, 6) is -0.0176. The Hall–Kier alpha value is -1.89. The number of amides is 1. The average molecular weight is 221 g/mol. The normalized spacial score (nSPS) is 19.9. The zero-order valence-corrected chi connectivity index (χ0v) is 8.41. The summed E-state index contributed by atoms with van der Waals surface area (Å²) in [5.41, 5.74) is -0.0391. The van der Waals surface area contributed by atoms with Crippen molar-refractivity contribution < 1.29 is 13.6 Å². The van der Waals surface area contributed by atoms with Gasteiger partial charge in [-0.1, -0.05) is 6.07 Å². The van der Waals surface area contributed by atoms with Crippen molar-refractivity contribution in [3.8, 4) is 12.3 Å². The van der Waals surface area contributed by atoms with E-state index >= 15 is 0 Å². The van der Waals surface area contributed by atoms with Crippen LogP contribution in [0.25, 0.3) is 0 Å². The van der Waals surface area contributed by atoms with Crippen LogP contribution in [-0.2, 0) is 4.79 Å². The van der Waals surface area contributed by atoms with Crippen molar-refractivity contribution >= 4 is 11.6 Å². The van der Waals surface area contributed by atoms with E-state index in [0.29, 0.717) is 0 Å². The molecule has 2 nitrogen and oxygen atoms in total. The van der Waals surface area contributed by atoms with Crippen molar-refractivity contribution in [2.75, 3.05) is 11.4 Å². The summed E-state index contributed by atoms with van der Waals surface area (Å²) < 4.78 is 26.4. The lowest BCUT2D eigenvalue weighted by Crippen LogP contribution is -2.25. The van der Waals surface area contributed by atoms with E-state index in [-0.39, 0.29) is 30.5 Å². The number of terminal acetylenes is 1. The summed E-state index contributed by atoms with van der Waals surface area (Å²) in [6.45, 7) is 0.246. The number of carbonyl (C=O) groups is 1. The second kappa shape index (κ2) is 3.93. The highest BCUT2D eigenvalue weighted by Gasteiger charge is 2.31. The van der Waals surface area contributed by atoms with Crippen molar-refractivity contribution in [1.29, 1.82) is 0 Å². The van der Waals surface area contributed by atoms with Crippen LogP contribution in [0.3, 0.4) is 0 Å². The quantitative estimate of drug-likeness (QED) is 0.664. The number of carbonyl (C=O) groups excluding carboxylic acids is 1. The van der Waals surface area contributed by atoms with Gasteiger partial charge in [-0.05, 0) is 12.1 Å². The van der Waals surface area contributed by atoms with Crippen molar-refractivity contribution in [3.05, 3.63) is 29.8 Å². The number of rotatable bonds is 1. The van der Waals surface area contributed by atoms with Crippen LogP contribution in [0.1, 0.15) is 6.42 Å². The van der Waals surface area contributed by atoms with E-state index in [1.54, 1.807) is 0 Å². The smallest absolute Gasteiger partial charge is 0.228 e. The lowest BCUT2D eigenvalue weighted by Gasteiger charge is -2.16. The lowest BCUT2D eigenvalue weighted by molar-refractivity contribution is -0.117. The Balaban J connectivity index is 2.36. The van der Waals surface area contributed by atoms with Crippen molar-refractivity contribution in [2.45, 2.75) is 6.42 Å². The third-order valence-electron chi connectivity index (χ3n) is 2.58. The average Bonchev–Trinajstić information content (AvgIpc) is 2.64. The molecule has 0 N–H and O–H groups in total. The number of benzene rings is 1. The van der Waals surface area contributed by atoms with Gasteiger partial charge in [-0.15, -0.1) is 12.3 Å². The Morgan fingerprint density at radius 2 is 2.19 bits per heavy atom. The van der Waals surface area contributed by atoms with E-state index in [1.165, 1.54) is 17.0 Å². The predicted octanol–water partition coefficient (Wildman–Crippen LogP) is 1.95. The predicted molar refractivity (Wildman–Crippen MR) is 55.7 cm³/mol. The molecule has 1 unspecified atom stereocenters. The molecule has 0 saturated carbocycles. The largest absolute Gasteiger partial charge is 0.308 e. The fourth-order valence-electron chi connectivity index (χ4n) is 1.75. The van der Waals surface area contributed by atoms with Crippen LogP contribution < -0.4 is 4.90 Å². The van der Waals surface area contributed by atoms with Crippen molar-refractivity contribution in [1.82, 2.24) is 0 Å². The fraction of sp³-hybridized carbons (Fsp3) is 0.250. The van der Waals surface area contributed by atoms with Gasteiger partial charge >= 0.3 is 0 Å². The van der Waals surface area contributed by atoms with E-state index in [0.717, 1.165) is 6.07 Å². The molecule has 0 spiro atoms. The molecule has 1 aromatic carbocycles. The minimum atomic E-state index is -1.01. The van der Waals surface area contributed by atoms with Crippen LogP contribution in [0.4, 0.5) is 14.5 Å². The van der Waals surface area contributed by atoms with Crippen LogP contribution in [-0.4, -0.2) is 12.5 Å². The Kier molecular flexibility index (Phi) is 2.61. The van der Waals surface area contributed by atoms with Gasteiger partial charge in [0.05, 0.1) is 5.69 Å². The standard InChI is InChI=1S/C12H9F2NO/c1-2-8-6-11(16)15(7-8)10-5-3-4-9(13)12(10)14/h1,3-5,8H,6-7H2. The molecule has 1 amide bonds. The Bertz CT molecular complexity index is 478. The van der Waals surface area contributed by atoms with Crippen LogP contribution >= 0.6 is 0 Å². The Labute approximate surface area is 91.9 Å². The van der Waals surface area contributed by atoms with Crippen LogP contribution in [0, 0.1) is 29.9 Å². The SMILES string of the molecule is C#CC1CC(=O)N(c2cccc(F)c2F)C1. The molecule has 1 saturated heterocycles. The molecule has 1 aromatic rings. The maximum Gasteiger partial charge on any atom is 0.228 e. The summed E-state index contributed by atoms with van der Waals surface area (Å²) in [4.78, 5) is 12.7. The first-order valence-electron chi connectivity index (χ1n) is 4.84. The summed E-state index contributed by atoms with van der Waals surface area (Å²) >= 11 is 0. The number of halogens is 2. The summed E-state index contributed by atoms with van der Waals surface area (Å²) in [6.07, 6.45) is 5.39. The van der Waals surface area contributed by atoms with Crippen LogP contribution in [0.5, 0.6) is 0 Å². The monoisotopic (exact) mass is 221 g/mol. The second-order valence-electron chi connectivity index (χ2n) is 3.65. The zero-order chi connectivity index (χ0) is 11.7. The molecule has 1 aliphatic heterocycles. The molecule has 4 heteroatoms. The maximum absolute atomic E-state index is 13.4. The number of hydrogen-bond donors (Lipinski definition) is 0. The molecule has 16 heavy (non-hydrogen) atoms. The van der Waals surface area contributed by atoms with Crippen LogP contribution in [0.2, 0.25) is 0 Å². The number of hydrogen-bond acceptors (Lipinski definition) is 1. The van der Waals surface area contributed by atoms with Gasteiger partial charge in [0.25, 0.3) is 0 Å². The molecule has 0 bridgehead atoms. The van der Waals surface area contributed by atoms with Crippen molar-refractivity contribution in [2.24, 2.45) is 5.92 Å². The van der Waals surface area contributed by atoms with Gasteiger partial charge in [0.2, 0.25) is 5.91 Å². The van der Waals surface area contributed by atoms with Gasteiger partial charge in [0.1, 0.15) is 0 Å². The van der Waals surface area contributed by atoms with Gasteiger partial charge in [-0.25, -0.2) is 8.78 Å². The fourth-order valence-corrected chi connectivity index (χ4v) is 1.75. The summed E-state index contributed by atoms with van der Waals surface area (Å²) in [5, 5.41) is 0. The zero-order valence-electron chi connectivity index (χ0n) is 8.41. The topological polar surface area (TPSA) is 20.3 Å². The van der Waals surface area contributed by atoms with Gasteiger partial charge < -0.3 is 4.90 Å². The lowest BCUT2D eigenvalue weighted by atomic mass is 10.1. The molecule has 0 aromatic heterocycles. The minimum absolute atomic E-state index is 0.0391. The van der Waals surface area contributed by atoms with E-state index in [9.17, 15) is 13.6 Å². The molecule has 1 heterocycles. The molecular weight excluding hydrogens is 212 g/mol. The Morgan fingerprint density at radius 1 is 1.44 bits per heavy atom. The van der Waals surface area contributed by atoms with Gasteiger partial charge in [0, 0.05) is 18.9 Å². The highest BCUT2D eigenvalue weighted by atomic mass is 19.2. The third kappa shape index (κ3) is 1.65. The first-order valence-corrected chi connectivity index (χ1v) is 4.84. The van der Waals surface area contributed by atoms with Crippen LogP contribution in [0.15, 0.2) is 18.2 Å². The molecule has 2 rings (SSSR count). The van der Waals surface area contributed by atoms with E-state index in [1.807, 2.05) is 0 Å². The second-order valence-corrected chi connectivity index (χ2v) is 3.65. The van der Waals surface area contributed by atoms with E-state index < -0.39 is 11.6 Å². The number of anilines is 1. The number of nitrogens with zero attached hydrogens (tertiary/aromatic N) is 1. The Morgan fingerprint density at radius 3 is 2.81 bits per heavy atom. The highest BCUT2D eigenvalue weighted by Crippen LogP contribution is 2.27. The summed E-state index contributed by atoms with van der Waals surface area (Å²) in [7, 11) is 0. The molecule has 0 radical (unpaired) electrons. The molecule has 1 atom stereocenters. The van der Waals surface area contributed by atoms with E-state index in [4.69, 9.17) is 6.42 Å². The maximum atomic E-state index is 13.4. The summed E-state index contributed by atoms with van der Waals surface area (Å²) in [6, 6.07) is 3.75. The van der Waals surface area contributed by atoms with E-state index in [2.05, 4.69) is 5.92 Å². The first kappa shape index (κ1) is 10.6. The molecule has 1 aliphatic rings. The molecule has 82 valence electrons.